The van der Waals surface area contributed by atoms with Gasteiger partial charge in [-0.1, -0.05) is 30.3 Å². The lowest BCUT2D eigenvalue weighted by atomic mass is 10.1. The monoisotopic (exact) mass is 324 g/mol. The molecule has 0 aliphatic heterocycles. The van der Waals surface area contributed by atoms with Gasteiger partial charge in [-0.2, -0.15) is 0 Å². The van der Waals surface area contributed by atoms with Gasteiger partial charge in [0.25, 0.3) is 0 Å². The molecule has 0 aliphatic carbocycles. The molecule has 0 atom stereocenters. The minimum atomic E-state index is -0.635. The van der Waals surface area contributed by atoms with Crippen LogP contribution in [0.4, 0.5) is 4.39 Å². The predicted octanol–water partition coefficient (Wildman–Crippen LogP) is 2.80. The van der Waals surface area contributed by atoms with Crippen molar-refractivity contribution in [1.29, 1.82) is 0 Å². The van der Waals surface area contributed by atoms with Crippen LogP contribution in [0.15, 0.2) is 64.4 Å². The van der Waals surface area contributed by atoms with Crippen LogP contribution in [0.2, 0.25) is 0 Å². The summed E-state index contributed by atoms with van der Waals surface area (Å²) >= 11 is 0. The number of hydrogen-bond donors (Lipinski definition) is 0. The van der Waals surface area contributed by atoms with Gasteiger partial charge in [-0.05, 0) is 42.7 Å². The van der Waals surface area contributed by atoms with Crippen molar-refractivity contribution in [3.63, 3.8) is 0 Å². The molecule has 0 saturated carbocycles. The molecule has 0 bridgehead atoms. The van der Waals surface area contributed by atoms with Gasteiger partial charge in [-0.3, -0.25) is 14.2 Å². The summed E-state index contributed by atoms with van der Waals surface area (Å²) in [5, 5.41) is 0. The fraction of sp³-hybridized carbons (Fsp3) is 0.158. The van der Waals surface area contributed by atoms with Gasteiger partial charge < -0.3 is 4.57 Å². The summed E-state index contributed by atoms with van der Waals surface area (Å²) in [7, 11) is 0. The second-order valence-corrected chi connectivity index (χ2v) is 5.78. The highest BCUT2D eigenvalue weighted by Crippen LogP contribution is 2.16. The van der Waals surface area contributed by atoms with E-state index in [0.717, 1.165) is 16.8 Å². The Hall–Kier alpha value is -2.95. The SMILES string of the molecule is Cc1cccc(C)c1-n1ccn(Cc2cccc(F)c2)c(=O)c1=O. The first-order valence-electron chi connectivity index (χ1n) is 7.60. The number of aryl methyl sites for hydroxylation is 2. The maximum atomic E-state index is 13.3. The van der Waals surface area contributed by atoms with Gasteiger partial charge >= 0.3 is 11.1 Å². The summed E-state index contributed by atoms with van der Waals surface area (Å²) in [5.74, 6) is -0.371. The van der Waals surface area contributed by atoms with Crippen molar-refractivity contribution in [2.45, 2.75) is 20.4 Å². The highest BCUT2D eigenvalue weighted by molar-refractivity contribution is 5.46. The van der Waals surface area contributed by atoms with E-state index in [-0.39, 0.29) is 12.4 Å². The number of aromatic nitrogens is 2. The van der Waals surface area contributed by atoms with E-state index in [0.29, 0.717) is 5.56 Å². The molecule has 1 aromatic heterocycles. The molecule has 5 heteroatoms. The second kappa shape index (κ2) is 6.28. The van der Waals surface area contributed by atoms with Crippen LogP contribution < -0.4 is 11.1 Å². The Bertz CT molecular complexity index is 998. The van der Waals surface area contributed by atoms with Gasteiger partial charge in [0.1, 0.15) is 5.82 Å². The van der Waals surface area contributed by atoms with E-state index in [1.54, 1.807) is 24.5 Å². The first-order valence-corrected chi connectivity index (χ1v) is 7.60. The first kappa shape index (κ1) is 15.9. The van der Waals surface area contributed by atoms with E-state index < -0.39 is 11.1 Å². The molecule has 0 radical (unpaired) electrons. The molecule has 3 rings (SSSR count). The van der Waals surface area contributed by atoms with Crippen molar-refractivity contribution in [1.82, 2.24) is 9.13 Å². The fourth-order valence-electron chi connectivity index (χ4n) is 2.83. The zero-order chi connectivity index (χ0) is 17.3. The second-order valence-electron chi connectivity index (χ2n) is 5.78. The molecule has 4 nitrogen and oxygen atoms in total. The Morgan fingerprint density at radius 3 is 2.25 bits per heavy atom. The Morgan fingerprint density at radius 1 is 0.917 bits per heavy atom. The molecule has 0 fully saturated rings. The Kier molecular flexibility index (Phi) is 4.16. The molecular weight excluding hydrogens is 307 g/mol. The molecule has 1 heterocycles. The smallest absolute Gasteiger partial charge is 0.305 e. The van der Waals surface area contributed by atoms with Crippen molar-refractivity contribution in [3.05, 3.63) is 98.1 Å². The fourth-order valence-corrected chi connectivity index (χ4v) is 2.83. The number of rotatable bonds is 3. The highest BCUT2D eigenvalue weighted by Gasteiger charge is 2.11. The third-order valence-electron chi connectivity index (χ3n) is 3.98. The Morgan fingerprint density at radius 2 is 1.58 bits per heavy atom. The van der Waals surface area contributed by atoms with E-state index in [4.69, 9.17) is 0 Å². The molecule has 2 aromatic carbocycles. The standard InChI is InChI=1S/C19H17FN2O2/c1-13-5-3-6-14(2)17(13)22-10-9-21(18(23)19(22)24)12-15-7-4-8-16(20)11-15/h3-11H,12H2,1-2H3. The Labute approximate surface area is 138 Å². The lowest BCUT2D eigenvalue weighted by Crippen LogP contribution is -2.40. The van der Waals surface area contributed by atoms with Crippen molar-refractivity contribution in [3.8, 4) is 5.69 Å². The maximum absolute atomic E-state index is 13.3. The normalized spacial score (nSPS) is 10.8. The molecule has 0 spiro atoms. The van der Waals surface area contributed by atoms with Crippen molar-refractivity contribution in [2.75, 3.05) is 0 Å². The Balaban J connectivity index is 2.07. The molecule has 24 heavy (non-hydrogen) atoms. The lowest BCUT2D eigenvalue weighted by Gasteiger charge is -2.13. The highest BCUT2D eigenvalue weighted by atomic mass is 19.1. The summed E-state index contributed by atoms with van der Waals surface area (Å²) < 4.78 is 15.9. The summed E-state index contributed by atoms with van der Waals surface area (Å²) in [6.45, 7) is 3.94. The molecule has 3 aromatic rings. The van der Waals surface area contributed by atoms with Gasteiger partial charge in [0.2, 0.25) is 0 Å². The maximum Gasteiger partial charge on any atom is 0.321 e. The van der Waals surface area contributed by atoms with Crippen molar-refractivity contribution < 1.29 is 4.39 Å². The number of halogens is 1. The molecule has 0 aliphatic rings. The molecule has 0 N–H and O–H groups in total. The predicted molar refractivity (Wildman–Crippen MR) is 91.3 cm³/mol. The van der Waals surface area contributed by atoms with Crippen LogP contribution >= 0.6 is 0 Å². The van der Waals surface area contributed by atoms with Gasteiger partial charge in [0.15, 0.2) is 0 Å². The van der Waals surface area contributed by atoms with Crippen molar-refractivity contribution >= 4 is 0 Å². The van der Waals surface area contributed by atoms with Gasteiger partial charge in [0.05, 0.1) is 12.2 Å². The molecular formula is C19H17FN2O2. The largest absolute Gasteiger partial charge is 0.321 e. The average molecular weight is 324 g/mol. The first-order chi connectivity index (χ1) is 11.5. The molecule has 0 saturated heterocycles. The molecule has 0 unspecified atom stereocenters. The van der Waals surface area contributed by atoms with Crippen LogP contribution in [0, 0.1) is 19.7 Å². The van der Waals surface area contributed by atoms with E-state index >= 15 is 0 Å². The quantitative estimate of drug-likeness (QED) is 0.695. The number of para-hydroxylation sites is 1. The van der Waals surface area contributed by atoms with E-state index in [1.165, 1.54) is 21.3 Å². The third kappa shape index (κ3) is 2.93. The molecule has 0 amide bonds. The van der Waals surface area contributed by atoms with Crippen LogP contribution in [-0.2, 0) is 6.54 Å². The topological polar surface area (TPSA) is 44.0 Å². The average Bonchev–Trinajstić information content (AvgIpc) is 2.54. The minimum Gasteiger partial charge on any atom is -0.305 e. The van der Waals surface area contributed by atoms with Gasteiger partial charge in [-0.15, -0.1) is 0 Å². The number of hydrogen-bond acceptors (Lipinski definition) is 2. The summed E-state index contributed by atoms with van der Waals surface area (Å²) in [6.07, 6.45) is 3.14. The molecule has 122 valence electrons. The van der Waals surface area contributed by atoms with Crippen LogP contribution in [-0.4, -0.2) is 9.13 Å². The minimum absolute atomic E-state index is 0.152. The lowest BCUT2D eigenvalue weighted by molar-refractivity contribution is 0.622. The number of nitrogens with zero attached hydrogens (tertiary/aromatic N) is 2. The summed E-state index contributed by atoms with van der Waals surface area (Å²) in [5.41, 5.74) is 1.92. The van der Waals surface area contributed by atoms with Crippen LogP contribution in [0.1, 0.15) is 16.7 Å². The summed E-state index contributed by atoms with van der Waals surface area (Å²) in [6, 6.07) is 11.7. The zero-order valence-electron chi connectivity index (χ0n) is 13.5. The van der Waals surface area contributed by atoms with E-state index in [9.17, 15) is 14.0 Å². The third-order valence-corrected chi connectivity index (χ3v) is 3.98. The van der Waals surface area contributed by atoms with Crippen LogP contribution in [0.3, 0.4) is 0 Å². The van der Waals surface area contributed by atoms with Crippen LogP contribution in [0.25, 0.3) is 5.69 Å². The summed E-state index contributed by atoms with van der Waals surface area (Å²) in [4.78, 5) is 24.9. The van der Waals surface area contributed by atoms with E-state index in [1.807, 2.05) is 32.0 Å². The van der Waals surface area contributed by atoms with E-state index in [2.05, 4.69) is 0 Å². The van der Waals surface area contributed by atoms with Gasteiger partial charge in [-0.25, -0.2) is 4.39 Å². The van der Waals surface area contributed by atoms with Crippen molar-refractivity contribution in [2.24, 2.45) is 0 Å². The van der Waals surface area contributed by atoms with Gasteiger partial charge in [0, 0.05) is 12.4 Å². The zero-order valence-corrected chi connectivity index (χ0v) is 13.5. The number of benzene rings is 2. The van der Waals surface area contributed by atoms with Crippen LogP contribution in [0.5, 0.6) is 0 Å².